The molecule has 0 saturated heterocycles. The molecule has 1 saturated carbocycles. The molecule has 1 heterocycles. The van der Waals surface area contributed by atoms with Gasteiger partial charge in [0, 0.05) is 19.3 Å². The van der Waals surface area contributed by atoms with Gasteiger partial charge in [-0.15, -0.1) is 0 Å². The SMILES string of the molecule is CCN(CC1CCC1)S(=O)(=O)c1cccnc1Cl. The first-order valence-corrected chi connectivity index (χ1v) is 7.98. The van der Waals surface area contributed by atoms with Crippen molar-refractivity contribution in [2.45, 2.75) is 31.1 Å². The summed E-state index contributed by atoms with van der Waals surface area (Å²) in [5, 5.41) is 0.0459. The molecular weight excluding hydrogens is 272 g/mol. The van der Waals surface area contributed by atoms with Gasteiger partial charge in [-0.2, -0.15) is 4.31 Å². The molecule has 1 aromatic rings. The van der Waals surface area contributed by atoms with E-state index in [0.29, 0.717) is 19.0 Å². The third-order valence-corrected chi connectivity index (χ3v) is 5.77. The molecule has 1 fully saturated rings. The van der Waals surface area contributed by atoms with E-state index in [1.54, 1.807) is 6.07 Å². The number of nitrogens with zero attached hydrogens (tertiary/aromatic N) is 2. The molecule has 1 aliphatic rings. The lowest BCUT2D eigenvalue weighted by atomic mass is 9.85. The highest BCUT2D eigenvalue weighted by molar-refractivity contribution is 7.89. The Balaban J connectivity index is 2.25. The Morgan fingerprint density at radius 1 is 1.50 bits per heavy atom. The smallest absolute Gasteiger partial charge is 0.243 e. The quantitative estimate of drug-likeness (QED) is 0.783. The van der Waals surface area contributed by atoms with Crippen LogP contribution in [0, 0.1) is 5.92 Å². The summed E-state index contributed by atoms with van der Waals surface area (Å²) in [4.78, 5) is 3.94. The number of rotatable bonds is 5. The van der Waals surface area contributed by atoms with E-state index >= 15 is 0 Å². The monoisotopic (exact) mass is 288 g/mol. The topological polar surface area (TPSA) is 50.3 Å². The van der Waals surface area contributed by atoms with Crippen LogP contribution in [0.1, 0.15) is 26.2 Å². The van der Waals surface area contributed by atoms with Crippen LogP contribution in [0.3, 0.4) is 0 Å². The van der Waals surface area contributed by atoms with Gasteiger partial charge >= 0.3 is 0 Å². The van der Waals surface area contributed by atoms with Crippen molar-refractivity contribution in [2.75, 3.05) is 13.1 Å². The summed E-state index contributed by atoms with van der Waals surface area (Å²) in [5.41, 5.74) is 0. The summed E-state index contributed by atoms with van der Waals surface area (Å²) in [6.45, 7) is 2.90. The van der Waals surface area contributed by atoms with Crippen molar-refractivity contribution in [3.63, 3.8) is 0 Å². The lowest BCUT2D eigenvalue weighted by molar-refractivity contribution is 0.250. The summed E-state index contributed by atoms with van der Waals surface area (Å²) in [6, 6.07) is 3.10. The highest BCUT2D eigenvalue weighted by atomic mass is 35.5. The largest absolute Gasteiger partial charge is 0.246 e. The average Bonchev–Trinajstić information content (AvgIpc) is 2.27. The molecule has 0 unspecified atom stereocenters. The first kappa shape index (κ1) is 13.8. The van der Waals surface area contributed by atoms with Crippen molar-refractivity contribution in [3.05, 3.63) is 23.5 Å². The lowest BCUT2D eigenvalue weighted by Gasteiger charge is -2.31. The molecule has 0 aliphatic heterocycles. The van der Waals surface area contributed by atoms with E-state index in [1.165, 1.54) is 23.0 Å². The number of hydrogen-bond donors (Lipinski definition) is 0. The van der Waals surface area contributed by atoms with Crippen LogP contribution in [0.25, 0.3) is 0 Å². The lowest BCUT2D eigenvalue weighted by Crippen LogP contribution is -2.37. The van der Waals surface area contributed by atoms with Crippen LogP contribution in [0.4, 0.5) is 0 Å². The Kier molecular flexibility index (Phi) is 4.25. The van der Waals surface area contributed by atoms with Gasteiger partial charge in [-0.3, -0.25) is 0 Å². The third kappa shape index (κ3) is 2.68. The molecule has 6 heteroatoms. The first-order valence-electron chi connectivity index (χ1n) is 6.16. The Labute approximate surface area is 113 Å². The number of sulfonamides is 1. The molecule has 0 N–H and O–H groups in total. The minimum Gasteiger partial charge on any atom is -0.243 e. The Hall–Kier alpha value is -0.650. The van der Waals surface area contributed by atoms with Gasteiger partial charge in [0.05, 0.1) is 0 Å². The zero-order valence-electron chi connectivity index (χ0n) is 10.3. The fourth-order valence-corrected chi connectivity index (χ4v) is 4.02. The zero-order valence-corrected chi connectivity index (χ0v) is 11.9. The van der Waals surface area contributed by atoms with Crippen molar-refractivity contribution in [1.29, 1.82) is 0 Å². The first-order chi connectivity index (χ1) is 8.55. The molecule has 0 spiro atoms. The van der Waals surface area contributed by atoms with E-state index in [0.717, 1.165) is 12.8 Å². The van der Waals surface area contributed by atoms with Crippen LogP contribution in [0.2, 0.25) is 5.15 Å². The number of halogens is 1. The van der Waals surface area contributed by atoms with Crippen LogP contribution in [0.5, 0.6) is 0 Å². The number of hydrogen-bond acceptors (Lipinski definition) is 3. The molecule has 2 rings (SSSR count). The van der Waals surface area contributed by atoms with Crippen LogP contribution in [0.15, 0.2) is 23.2 Å². The summed E-state index contributed by atoms with van der Waals surface area (Å²) in [7, 11) is -3.51. The van der Waals surface area contributed by atoms with Gasteiger partial charge in [0.25, 0.3) is 0 Å². The number of pyridine rings is 1. The minimum absolute atomic E-state index is 0.0459. The predicted molar refractivity (Wildman–Crippen MR) is 71.0 cm³/mol. The second kappa shape index (κ2) is 5.55. The van der Waals surface area contributed by atoms with E-state index in [2.05, 4.69) is 4.98 Å². The Morgan fingerprint density at radius 2 is 2.22 bits per heavy atom. The molecule has 4 nitrogen and oxygen atoms in total. The fraction of sp³-hybridized carbons (Fsp3) is 0.583. The molecular formula is C12H17ClN2O2S. The zero-order chi connectivity index (χ0) is 13.2. The average molecular weight is 289 g/mol. The second-order valence-corrected chi connectivity index (χ2v) is 6.81. The maximum Gasteiger partial charge on any atom is 0.246 e. The van der Waals surface area contributed by atoms with Gasteiger partial charge < -0.3 is 0 Å². The van der Waals surface area contributed by atoms with Crippen molar-refractivity contribution < 1.29 is 8.42 Å². The van der Waals surface area contributed by atoms with Gasteiger partial charge in [0.15, 0.2) is 0 Å². The fourth-order valence-electron chi connectivity index (χ4n) is 2.06. The van der Waals surface area contributed by atoms with Crippen LogP contribution in [-0.2, 0) is 10.0 Å². The summed E-state index contributed by atoms with van der Waals surface area (Å²) < 4.78 is 26.4. The molecule has 18 heavy (non-hydrogen) atoms. The normalized spacial score (nSPS) is 16.8. The highest BCUT2D eigenvalue weighted by Crippen LogP contribution is 2.30. The molecule has 100 valence electrons. The molecule has 0 aromatic carbocycles. The highest BCUT2D eigenvalue weighted by Gasteiger charge is 2.30. The molecule has 1 aromatic heterocycles. The van der Waals surface area contributed by atoms with Gasteiger partial charge in [0.2, 0.25) is 10.0 Å². The molecule has 0 amide bonds. The van der Waals surface area contributed by atoms with Crippen molar-refractivity contribution >= 4 is 21.6 Å². The van der Waals surface area contributed by atoms with Crippen molar-refractivity contribution in [1.82, 2.24) is 9.29 Å². The summed E-state index contributed by atoms with van der Waals surface area (Å²) in [5.74, 6) is 0.496. The number of aromatic nitrogens is 1. The predicted octanol–water partition coefficient (Wildman–Crippen LogP) is 2.55. The third-order valence-electron chi connectivity index (χ3n) is 3.38. The molecule has 0 bridgehead atoms. The van der Waals surface area contributed by atoms with Crippen molar-refractivity contribution in [2.24, 2.45) is 5.92 Å². The molecule has 0 atom stereocenters. The maximum absolute atomic E-state index is 12.5. The summed E-state index contributed by atoms with van der Waals surface area (Å²) >= 11 is 5.88. The van der Waals surface area contributed by atoms with E-state index in [1.807, 2.05) is 6.92 Å². The molecule has 0 radical (unpaired) electrons. The standard InChI is InChI=1S/C12H17ClN2O2S/c1-2-15(9-10-5-3-6-10)18(16,17)11-7-4-8-14-12(11)13/h4,7-8,10H,2-3,5-6,9H2,1H3. The Bertz CT molecular complexity index is 515. The van der Waals surface area contributed by atoms with Crippen LogP contribution >= 0.6 is 11.6 Å². The van der Waals surface area contributed by atoms with Crippen LogP contribution < -0.4 is 0 Å². The maximum atomic E-state index is 12.5. The summed E-state index contributed by atoms with van der Waals surface area (Å²) in [6.07, 6.45) is 4.93. The van der Waals surface area contributed by atoms with Gasteiger partial charge in [0.1, 0.15) is 10.0 Å². The van der Waals surface area contributed by atoms with Crippen molar-refractivity contribution in [3.8, 4) is 0 Å². The van der Waals surface area contributed by atoms with Gasteiger partial charge in [-0.1, -0.05) is 24.9 Å². The van der Waals surface area contributed by atoms with E-state index < -0.39 is 10.0 Å². The Morgan fingerprint density at radius 3 is 2.72 bits per heavy atom. The second-order valence-electron chi connectivity index (χ2n) is 4.54. The van der Waals surface area contributed by atoms with E-state index in [-0.39, 0.29) is 10.0 Å². The van der Waals surface area contributed by atoms with Gasteiger partial charge in [-0.05, 0) is 30.9 Å². The van der Waals surface area contributed by atoms with E-state index in [9.17, 15) is 8.42 Å². The van der Waals surface area contributed by atoms with E-state index in [4.69, 9.17) is 11.6 Å². The molecule has 1 aliphatic carbocycles. The minimum atomic E-state index is -3.51. The van der Waals surface area contributed by atoms with Gasteiger partial charge in [-0.25, -0.2) is 13.4 Å². The van der Waals surface area contributed by atoms with Crippen LogP contribution in [-0.4, -0.2) is 30.8 Å².